The molecule has 1 spiro atoms. The molecule has 0 aromatic carbocycles. The van der Waals surface area contributed by atoms with Gasteiger partial charge in [0.05, 0.1) is 0 Å². The Morgan fingerprint density at radius 3 is 2.13 bits per heavy atom. The highest BCUT2D eigenvalue weighted by Gasteiger charge is 2.60. The molecule has 82 valence electrons. The van der Waals surface area contributed by atoms with Crippen LogP contribution < -0.4 is 0 Å². The van der Waals surface area contributed by atoms with E-state index in [1.54, 1.807) is 4.90 Å². The lowest BCUT2D eigenvalue weighted by atomic mass is 10.1. The summed E-state index contributed by atoms with van der Waals surface area (Å²) in [5.74, 6) is -1.05. The summed E-state index contributed by atoms with van der Waals surface area (Å²) in [6.07, 6.45) is 4.58. The molecule has 3 rings (SSSR count). The first-order chi connectivity index (χ1) is 7.08. The zero-order chi connectivity index (χ0) is 10.7. The van der Waals surface area contributed by atoms with Gasteiger partial charge in [-0.05, 0) is 37.5 Å². The fourth-order valence-electron chi connectivity index (χ4n) is 2.64. The molecule has 4 heteroatoms. The number of hydrogen-bond donors (Lipinski definition) is 1. The van der Waals surface area contributed by atoms with E-state index in [1.165, 1.54) is 12.8 Å². The normalized spacial score (nSPS) is 29.2. The van der Waals surface area contributed by atoms with Crippen molar-refractivity contribution in [3.63, 3.8) is 0 Å². The molecule has 1 saturated heterocycles. The van der Waals surface area contributed by atoms with Crippen molar-refractivity contribution in [1.29, 1.82) is 0 Å². The third kappa shape index (κ3) is 1.20. The second kappa shape index (κ2) is 2.54. The van der Waals surface area contributed by atoms with Crippen LogP contribution in [0.5, 0.6) is 0 Å². The lowest BCUT2D eigenvalue weighted by Crippen LogP contribution is -2.39. The molecular weight excluding hydrogens is 194 g/mol. The second-order valence-electron chi connectivity index (χ2n) is 5.36. The van der Waals surface area contributed by atoms with Gasteiger partial charge in [-0.15, -0.1) is 0 Å². The van der Waals surface area contributed by atoms with Crippen LogP contribution in [-0.4, -0.2) is 35.0 Å². The Morgan fingerprint density at radius 2 is 1.73 bits per heavy atom. The fraction of sp³-hybridized carbons (Fsp3) is 0.818. The summed E-state index contributed by atoms with van der Waals surface area (Å²) in [6.45, 7) is 1.58. The summed E-state index contributed by atoms with van der Waals surface area (Å²) < 4.78 is 0. The van der Waals surface area contributed by atoms with Gasteiger partial charge in [0, 0.05) is 13.1 Å². The first kappa shape index (κ1) is 9.19. The van der Waals surface area contributed by atoms with Gasteiger partial charge in [-0.3, -0.25) is 9.59 Å². The minimum Gasteiger partial charge on any atom is -0.480 e. The number of carbonyl (C=O) groups excluding carboxylic acids is 1. The largest absolute Gasteiger partial charge is 0.480 e. The third-order valence-electron chi connectivity index (χ3n) is 4.25. The number of carboxylic acid groups (broad SMARTS) is 1. The van der Waals surface area contributed by atoms with E-state index in [2.05, 4.69) is 0 Å². The summed E-state index contributed by atoms with van der Waals surface area (Å²) >= 11 is 0. The molecule has 4 nitrogen and oxygen atoms in total. The van der Waals surface area contributed by atoms with Gasteiger partial charge in [-0.25, -0.2) is 0 Å². The molecule has 0 aromatic heterocycles. The Balaban J connectivity index is 1.73. The molecule has 3 aliphatic rings. The van der Waals surface area contributed by atoms with Gasteiger partial charge in [-0.1, -0.05) is 0 Å². The van der Waals surface area contributed by atoms with Crippen LogP contribution in [0, 0.1) is 10.8 Å². The number of carbonyl (C=O) groups is 2. The first-order valence-corrected chi connectivity index (χ1v) is 5.61. The first-order valence-electron chi connectivity index (χ1n) is 5.61. The van der Waals surface area contributed by atoms with Gasteiger partial charge in [0.15, 0.2) is 0 Å². The number of aliphatic carboxylic acids is 1. The van der Waals surface area contributed by atoms with Crippen LogP contribution in [-0.2, 0) is 9.59 Å². The smallest absolute Gasteiger partial charge is 0.319 e. The van der Waals surface area contributed by atoms with Gasteiger partial charge in [0.25, 0.3) is 0 Å². The van der Waals surface area contributed by atoms with Crippen molar-refractivity contribution in [1.82, 2.24) is 4.90 Å². The predicted molar refractivity (Wildman–Crippen MR) is 52.2 cm³/mol. The van der Waals surface area contributed by atoms with E-state index in [0.717, 1.165) is 19.5 Å². The highest BCUT2D eigenvalue weighted by molar-refractivity contribution is 6.04. The zero-order valence-electron chi connectivity index (χ0n) is 8.66. The number of likely N-dealkylation sites (tertiary alicyclic amines) is 1. The summed E-state index contributed by atoms with van der Waals surface area (Å²) in [5.41, 5.74) is -0.634. The molecule has 0 atom stereocenters. The van der Waals surface area contributed by atoms with E-state index in [9.17, 15) is 9.59 Å². The standard InChI is InChI=1S/C11H15NO3/c13-8(11(3-4-11)9(14)15)12-6-5-10(7-12)1-2-10/h1-7H2,(H,14,15). The topological polar surface area (TPSA) is 57.6 Å². The van der Waals surface area contributed by atoms with E-state index in [1.807, 2.05) is 0 Å². The minimum atomic E-state index is -1.03. The maximum Gasteiger partial charge on any atom is 0.319 e. The Bertz CT molecular complexity index is 342. The lowest BCUT2D eigenvalue weighted by Gasteiger charge is -2.20. The summed E-state index contributed by atoms with van der Waals surface area (Å²) in [7, 11) is 0. The van der Waals surface area contributed by atoms with Gasteiger partial charge in [0.1, 0.15) is 5.41 Å². The van der Waals surface area contributed by atoms with E-state index in [4.69, 9.17) is 5.11 Å². The Labute approximate surface area is 88.2 Å². The zero-order valence-corrected chi connectivity index (χ0v) is 8.66. The van der Waals surface area contributed by atoms with Crippen LogP contribution in [0.2, 0.25) is 0 Å². The molecule has 1 heterocycles. The van der Waals surface area contributed by atoms with Crippen LogP contribution in [0.4, 0.5) is 0 Å². The summed E-state index contributed by atoms with van der Waals surface area (Å²) in [6, 6.07) is 0. The van der Waals surface area contributed by atoms with E-state index >= 15 is 0 Å². The Hall–Kier alpha value is -1.06. The molecule has 1 aliphatic heterocycles. The van der Waals surface area contributed by atoms with Crippen molar-refractivity contribution in [3.05, 3.63) is 0 Å². The van der Waals surface area contributed by atoms with Crippen LogP contribution in [0.1, 0.15) is 32.1 Å². The van der Waals surface area contributed by atoms with Gasteiger partial charge >= 0.3 is 5.97 Å². The molecule has 1 N–H and O–H groups in total. The van der Waals surface area contributed by atoms with Crippen LogP contribution >= 0.6 is 0 Å². The van der Waals surface area contributed by atoms with Crippen molar-refractivity contribution >= 4 is 11.9 Å². The monoisotopic (exact) mass is 209 g/mol. The van der Waals surface area contributed by atoms with Crippen LogP contribution in [0.15, 0.2) is 0 Å². The minimum absolute atomic E-state index is 0.126. The third-order valence-corrected chi connectivity index (χ3v) is 4.25. The molecule has 2 aliphatic carbocycles. The second-order valence-corrected chi connectivity index (χ2v) is 5.36. The maximum atomic E-state index is 12.0. The van der Waals surface area contributed by atoms with Crippen LogP contribution in [0.25, 0.3) is 0 Å². The molecule has 2 saturated carbocycles. The SMILES string of the molecule is O=C(O)C1(C(=O)N2CCC3(CC3)C2)CC1. The van der Waals surface area contributed by atoms with Gasteiger partial charge in [-0.2, -0.15) is 0 Å². The molecule has 3 fully saturated rings. The quantitative estimate of drug-likeness (QED) is 0.686. The predicted octanol–water partition coefficient (Wildman–Crippen LogP) is 0.864. The number of amides is 1. The molecule has 0 bridgehead atoms. The van der Waals surface area contributed by atoms with Crippen molar-refractivity contribution < 1.29 is 14.7 Å². The molecular formula is C11H15NO3. The van der Waals surface area contributed by atoms with Crippen molar-refractivity contribution in [3.8, 4) is 0 Å². The molecule has 1 amide bonds. The van der Waals surface area contributed by atoms with Gasteiger partial charge < -0.3 is 10.0 Å². The van der Waals surface area contributed by atoms with Crippen molar-refractivity contribution in [2.75, 3.05) is 13.1 Å². The maximum absolute atomic E-state index is 12.0. The van der Waals surface area contributed by atoms with Crippen molar-refractivity contribution in [2.45, 2.75) is 32.1 Å². The average Bonchev–Trinajstić information content (AvgIpc) is 3.03. The fourth-order valence-corrected chi connectivity index (χ4v) is 2.64. The molecule has 15 heavy (non-hydrogen) atoms. The summed E-state index contributed by atoms with van der Waals surface area (Å²) in [5, 5.41) is 9.03. The average molecular weight is 209 g/mol. The van der Waals surface area contributed by atoms with Crippen LogP contribution in [0.3, 0.4) is 0 Å². The number of carboxylic acids is 1. The van der Waals surface area contributed by atoms with Gasteiger partial charge in [0.2, 0.25) is 5.91 Å². The Morgan fingerprint density at radius 1 is 1.07 bits per heavy atom. The van der Waals surface area contributed by atoms with E-state index in [-0.39, 0.29) is 5.91 Å². The lowest BCUT2D eigenvalue weighted by molar-refractivity contribution is -0.153. The Kier molecular flexibility index (Phi) is 1.56. The van der Waals surface area contributed by atoms with E-state index < -0.39 is 11.4 Å². The highest BCUT2D eigenvalue weighted by atomic mass is 16.4. The molecule has 0 unspecified atom stereocenters. The summed E-state index contributed by atoms with van der Waals surface area (Å²) in [4.78, 5) is 24.8. The number of rotatable bonds is 2. The van der Waals surface area contributed by atoms with E-state index in [0.29, 0.717) is 18.3 Å². The van der Waals surface area contributed by atoms with Crippen molar-refractivity contribution in [2.24, 2.45) is 10.8 Å². The number of nitrogens with zero attached hydrogens (tertiary/aromatic N) is 1. The molecule has 0 aromatic rings. The highest BCUT2D eigenvalue weighted by Crippen LogP contribution is 2.55. The molecule has 0 radical (unpaired) electrons. The number of hydrogen-bond acceptors (Lipinski definition) is 2.